The number of rotatable bonds is 7. The lowest BCUT2D eigenvalue weighted by Crippen LogP contribution is -2.14. The molecule has 3 aromatic carbocycles. The third-order valence-electron chi connectivity index (χ3n) is 4.48. The van der Waals surface area contributed by atoms with Crippen LogP contribution < -0.4 is 10.1 Å². The molecule has 30 heavy (non-hydrogen) atoms. The van der Waals surface area contributed by atoms with Crippen molar-refractivity contribution in [2.24, 2.45) is 7.05 Å². The van der Waals surface area contributed by atoms with Gasteiger partial charge in [-0.2, -0.15) is 0 Å². The van der Waals surface area contributed by atoms with E-state index in [2.05, 4.69) is 15.5 Å². The molecule has 4 rings (SSSR count). The molecule has 8 heteroatoms. The van der Waals surface area contributed by atoms with Crippen LogP contribution in [0.15, 0.2) is 71.9 Å². The second-order valence-corrected chi connectivity index (χ2v) is 7.93. The molecule has 1 aromatic heterocycles. The van der Waals surface area contributed by atoms with Crippen LogP contribution in [0, 0.1) is 0 Å². The molecule has 1 heterocycles. The molecule has 6 nitrogen and oxygen atoms in total. The number of hydrogen-bond donors (Lipinski definition) is 1. The molecule has 0 unspecified atom stereocenters. The zero-order valence-electron chi connectivity index (χ0n) is 16.2. The average Bonchev–Trinajstić information content (AvgIpc) is 3.11. The molecule has 152 valence electrons. The van der Waals surface area contributed by atoms with Crippen molar-refractivity contribution in [1.82, 2.24) is 14.8 Å². The van der Waals surface area contributed by atoms with E-state index >= 15 is 0 Å². The van der Waals surface area contributed by atoms with Crippen LogP contribution in [0.1, 0.15) is 5.82 Å². The molecule has 0 saturated heterocycles. The summed E-state index contributed by atoms with van der Waals surface area (Å²) in [7, 11) is 1.84. The Balaban J connectivity index is 1.33. The predicted molar refractivity (Wildman–Crippen MR) is 120 cm³/mol. The molecule has 0 saturated carbocycles. The lowest BCUT2D eigenvalue weighted by Gasteiger charge is -2.08. The van der Waals surface area contributed by atoms with Crippen LogP contribution in [0.5, 0.6) is 5.75 Å². The highest BCUT2D eigenvalue weighted by Gasteiger charge is 2.13. The number of fused-ring (bicyclic) bond motifs is 1. The standard InChI is InChI=1S/C22H19ClN4O2S/c1-27-20(13-29-19-9-5-4-8-18(19)23)25-26-22(27)30-14-21(28)24-17-11-10-15-6-2-3-7-16(15)12-17/h2-12H,13-14H2,1H3,(H,24,28). The van der Waals surface area contributed by atoms with Gasteiger partial charge in [-0.25, -0.2) is 0 Å². The van der Waals surface area contributed by atoms with Gasteiger partial charge in [-0.15, -0.1) is 10.2 Å². The van der Waals surface area contributed by atoms with Crippen molar-refractivity contribution in [1.29, 1.82) is 0 Å². The Morgan fingerprint density at radius 3 is 2.67 bits per heavy atom. The topological polar surface area (TPSA) is 69.0 Å². The molecule has 0 aliphatic rings. The Morgan fingerprint density at radius 1 is 1.07 bits per heavy atom. The van der Waals surface area contributed by atoms with Gasteiger partial charge in [-0.3, -0.25) is 4.79 Å². The SMILES string of the molecule is Cn1c(COc2ccccc2Cl)nnc1SCC(=O)Nc1ccc2ccccc2c1. The van der Waals surface area contributed by atoms with E-state index in [-0.39, 0.29) is 18.3 Å². The fourth-order valence-electron chi connectivity index (χ4n) is 2.89. The van der Waals surface area contributed by atoms with Crippen LogP contribution in [-0.4, -0.2) is 26.4 Å². The van der Waals surface area contributed by atoms with E-state index in [4.69, 9.17) is 16.3 Å². The Bertz CT molecular complexity index is 1190. The summed E-state index contributed by atoms with van der Waals surface area (Å²) in [4.78, 5) is 12.4. The summed E-state index contributed by atoms with van der Waals surface area (Å²) in [6.45, 7) is 0.233. The second kappa shape index (κ2) is 9.19. The van der Waals surface area contributed by atoms with E-state index in [9.17, 15) is 4.79 Å². The molecule has 0 fully saturated rings. The highest BCUT2D eigenvalue weighted by Crippen LogP contribution is 2.24. The fraction of sp³-hybridized carbons (Fsp3) is 0.136. The van der Waals surface area contributed by atoms with Gasteiger partial charge in [0.05, 0.1) is 10.8 Å². The molecule has 1 N–H and O–H groups in total. The van der Waals surface area contributed by atoms with Gasteiger partial charge in [0.1, 0.15) is 12.4 Å². The number of nitrogens with zero attached hydrogens (tertiary/aromatic N) is 3. The van der Waals surface area contributed by atoms with Crippen LogP contribution in [0.4, 0.5) is 5.69 Å². The van der Waals surface area contributed by atoms with Gasteiger partial charge in [-0.05, 0) is 35.0 Å². The number of anilines is 1. The first kappa shape index (κ1) is 20.3. The van der Waals surface area contributed by atoms with Crippen molar-refractivity contribution < 1.29 is 9.53 Å². The minimum absolute atomic E-state index is 0.104. The van der Waals surface area contributed by atoms with Crippen LogP contribution in [0.3, 0.4) is 0 Å². The van der Waals surface area contributed by atoms with Gasteiger partial charge in [-0.1, -0.05) is 65.8 Å². The maximum Gasteiger partial charge on any atom is 0.234 e. The quantitative estimate of drug-likeness (QED) is 0.414. The van der Waals surface area contributed by atoms with Gasteiger partial charge in [0.2, 0.25) is 5.91 Å². The van der Waals surface area contributed by atoms with E-state index in [0.717, 1.165) is 16.5 Å². The van der Waals surface area contributed by atoms with Crippen LogP contribution in [0.2, 0.25) is 5.02 Å². The first-order valence-electron chi connectivity index (χ1n) is 9.27. The number of benzene rings is 3. The first-order valence-corrected chi connectivity index (χ1v) is 10.6. The smallest absolute Gasteiger partial charge is 0.234 e. The monoisotopic (exact) mass is 438 g/mol. The van der Waals surface area contributed by atoms with Crippen molar-refractivity contribution in [2.45, 2.75) is 11.8 Å². The van der Waals surface area contributed by atoms with Crippen LogP contribution >= 0.6 is 23.4 Å². The van der Waals surface area contributed by atoms with Crippen LogP contribution in [0.25, 0.3) is 10.8 Å². The maximum absolute atomic E-state index is 12.4. The van der Waals surface area contributed by atoms with Gasteiger partial charge in [0.25, 0.3) is 0 Å². The number of para-hydroxylation sites is 1. The number of halogens is 1. The Labute approximate surface area is 183 Å². The lowest BCUT2D eigenvalue weighted by atomic mass is 10.1. The van der Waals surface area contributed by atoms with E-state index in [1.807, 2.05) is 66.2 Å². The van der Waals surface area contributed by atoms with Crippen molar-refractivity contribution in [3.8, 4) is 5.75 Å². The van der Waals surface area contributed by atoms with Crippen molar-refractivity contribution in [3.63, 3.8) is 0 Å². The molecule has 0 spiro atoms. The van der Waals surface area contributed by atoms with E-state index in [0.29, 0.717) is 21.8 Å². The summed E-state index contributed by atoms with van der Waals surface area (Å²) in [6.07, 6.45) is 0. The number of carbonyl (C=O) groups excluding carboxylic acids is 1. The predicted octanol–water partition coefficient (Wildman–Crippen LogP) is 4.93. The number of ether oxygens (including phenoxy) is 1. The maximum atomic E-state index is 12.4. The second-order valence-electron chi connectivity index (χ2n) is 6.58. The van der Waals surface area contributed by atoms with Gasteiger partial charge >= 0.3 is 0 Å². The highest BCUT2D eigenvalue weighted by molar-refractivity contribution is 7.99. The summed E-state index contributed by atoms with van der Waals surface area (Å²) in [6, 6.07) is 21.1. The van der Waals surface area contributed by atoms with Gasteiger partial charge in [0, 0.05) is 12.7 Å². The van der Waals surface area contributed by atoms with E-state index in [1.54, 1.807) is 12.1 Å². The number of thioether (sulfide) groups is 1. The zero-order valence-corrected chi connectivity index (χ0v) is 17.8. The van der Waals surface area contributed by atoms with Crippen LogP contribution in [-0.2, 0) is 18.4 Å². The van der Waals surface area contributed by atoms with Crippen molar-refractivity contribution in [2.75, 3.05) is 11.1 Å². The van der Waals surface area contributed by atoms with Gasteiger partial charge < -0.3 is 14.6 Å². The van der Waals surface area contributed by atoms with Crippen molar-refractivity contribution >= 4 is 45.7 Å². The summed E-state index contributed by atoms with van der Waals surface area (Å²) in [5.41, 5.74) is 0.770. The third-order valence-corrected chi connectivity index (χ3v) is 5.82. The Kier molecular flexibility index (Phi) is 6.21. The largest absolute Gasteiger partial charge is 0.484 e. The Morgan fingerprint density at radius 2 is 1.83 bits per heavy atom. The molecule has 0 aliphatic heterocycles. The molecular formula is C22H19ClN4O2S. The number of carbonyl (C=O) groups is 1. The summed E-state index contributed by atoms with van der Waals surface area (Å²) >= 11 is 7.42. The minimum Gasteiger partial charge on any atom is -0.484 e. The molecule has 4 aromatic rings. The minimum atomic E-state index is -0.104. The number of aromatic nitrogens is 3. The molecule has 1 amide bonds. The third kappa shape index (κ3) is 4.75. The summed E-state index contributed by atoms with van der Waals surface area (Å²) in [5.74, 6) is 1.36. The summed E-state index contributed by atoms with van der Waals surface area (Å²) in [5, 5.41) is 14.6. The lowest BCUT2D eigenvalue weighted by molar-refractivity contribution is -0.113. The molecular weight excluding hydrogens is 420 g/mol. The van der Waals surface area contributed by atoms with Gasteiger partial charge in [0.15, 0.2) is 11.0 Å². The molecule has 0 radical (unpaired) electrons. The fourth-order valence-corrected chi connectivity index (χ4v) is 3.82. The molecule has 0 atom stereocenters. The van der Waals surface area contributed by atoms with E-state index < -0.39 is 0 Å². The zero-order chi connectivity index (χ0) is 20.9. The molecule has 0 bridgehead atoms. The van der Waals surface area contributed by atoms with Crippen molar-refractivity contribution in [3.05, 3.63) is 77.6 Å². The Hall–Kier alpha value is -3.03. The summed E-state index contributed by atoms with van der Waals surface area (Å²) < 4.78 is 7.52. The number of nitrogens with one attached hydrogen (secondary N) is 1. The number of hydrogen-bond acceptors (Lipinski definition) is 5. The average molecular weight is 439 g/mol. The first-order chi connectivity index (χ1) is 14.6. The molecule has 0 aliphatic carbocycles. The normalized spacial score (nSPS) is 10.9. The van der Waals surface area contributed by atoms with E-state index in [1.165, 1.54) is 11.8 Å². The highest BCUT2D eigenvalue weighted by atomic mass is 35.5. The number of amides is 1.